The molecule has 0 amide bonds. The average molecular weight is 324 g/mol. The van der Waals surface area contributed by atoms with E-state index in [2.05, 4.69) is 70.0 Å². The minimum absolute atomic E-state index is 0.141. The number of rotatable bonds is 6. The van der Waals surface area contributed by atoms with Crippen LogP contribution in [0.4, 0.5) is 0 Å². The molecule has 0 fully saturated rings. The lowest BCUT2D eigenvalue weighted by Gasteiger charge is -2.37. The number of hydrogen-bond donors (Lipinski definition) is 1. The molecule has 0 spiro atoms. The average Bonchev–Trinajstić information content (AvgIpc) is 2.39. The van der Waals surface area contributed by atoms with Crippen molar-refractivity contribution in [3.8, 4) is 5.75 Å². The van der Waals surface area contributed by atoms with Crippen molar-refractivity contribution in [2.45, 2.75) is 57.8 Å². The second kappa shape index (κ2) is 6.73. The van der Waals surface area contributed by atoms with Crippen LogP contribution in [0.25, 0.3) is 0 Å². The zero-order valence-corrected chi connectivity index (χ0v) is 16.5. The number of aliphatic hydroxyl groups excluding tert-OH is 1. The summed E-state index contributed by atoms with van der Waals surface area (Å²) in [5.74, 6) is 0.950. The molecular weight excluding hydrogens is 290 g/mol. The van der Waals surface area contributed by atoms with Crippen LogP contribution < -0.4 is 4.43 Å². The maximum Gasteiger partial charge on any atom is 0.250 e. The summed E-state index contributed by atoms with van der Waals surface area (Å²) in [5, 5.41) is 9.85. The summed E-state index contributed by atoms with van der Waals surface area (Å²) in [6.07, 6.45) is 0.816. The molecular formula is C18H33NO2Si. The number of benzene rings is 1. The molecule has 0 aliphatic rings. The zero-order valence-electron chi connectivity index (χ0n) is 15.5. The maximum absolute atomic E-state index is 9.65. The van der Waals surface area contributed by atoms with Crippen molar-refractivity contribution in [3.05, 3.63) is 29.8 Å². The topological polar surface area (TPSA) is 32.7 Å². The Morgan fingerprint density at radius 2 is 1.55 bits per heavy atom. The largest absolute Gasteiger partial charge is 0.544 e. The van der Waals surface area contributed by atoms with Gasteiger partial charge in [0.2, 0.25) is 8.32 Å². The summed E-state index contributed by atoms with van der Waals surface area (Å²) in [6, 6.07) is 8.34. The monoisotopic (exact) mass is 323 g/mol. The highest BCUT2D eigenvalue weighted by Crippen LogP contribution is 2.37. The van der Waals surface area contributed by atoms with Gasteiger partial charge in [-0.25, -0.2) is 0 Å². The lowest BCUT2D eigenvalue weighted by atomic mass is 9.92. The van der Waals surface area contributed by atoms with Crippen LogP contribution in [0.3, 0.4) is 0 Å². The number of nitrogens with zero attached hydrogens (tertiary/aromatic N) is 1. The molecule has 126 valence electrons. The van der Waals surface area contributed by atoms with Crippen LogP contribution in [-0.4, -0.2) is 44.6 Å². The molecule has 0 aliphatic heterocycles. The molecule has 1 N–H and O–H groups in total. The Balaban J connectivity index is 2.84. The summed E-state index contributed by atoms with van der Waals surface area (Å²) in [7, 11) is 2.23. The third-order valence-electron chi connectivity index (χ3n) is 5.11. The summed E-state index contributed by atoms with van der Waals surface area (Å²) >= 11 is 0. The molecule has 0 aromatic heterocycles. The highest BCUT2D eigenvalue weighted by Gasteiger charge is 2.38. The van der Waals surface area contributed by atoms with E-state index in [0.29, 0.717) is 0 Å². The SMILES string of the molecule is CN(C)C(C)(CO)Cc1ccc(O[Si](C)(C)C(C)(C)C)cc1. The Morgan fingerprint density at radius 3 is 1.91 bits per heavy atom. The molecule has 0 saturated carbocycles. The Kier molecular flexibility index (Phi) is 5.87. The summed E-state index contributed by atoms with van der Waals surface area (Å²) in [4.78, 5) is 2.08. The van der Waals surface area contributed by atoms with E-state index in [0.717, 1.165) is 12.2 Å². The molecule has 0 heterocycles. The van der Waals surface area contributed by atoms with Crippen LogP contribution in [-0.2, 0) is 6.42 Å². The molecule has 0 bridgehead atoms. The lowest BCUT2D eigenvalue weighted by molar-refractivity contribution is 0.0842. The molecule has 1 aromatic carbocycles. The van der Waals surface area contributed by atoms with Gasteiger partial charge in [-0.3, -0.25) is 0 Å². The van der Waals surface area contributed by atoms with E-state index in [-0.39, 0.29) is 17.2 Å². The highest BCUT2D eigenvalue weighted by atomic mass is 28.4. The Labute approximate surface area is 137 Å². The van der Waals surface area contributed by atoms with Gasteiger partial charge >= 0.3 is 0 Å². The number of hydrogen-bond acceptors (Lipinski definition) is 3. The van der Waals surface area contributed by atoms with Crippen molar-refractivity contribution in [2.24, 2.45) is 0 Å². The first-order valence-corrected chi connectivity index (χ1v) is 10.9. The van der Waals surface area contributed by atoms with Crippen molar-refractivity contribution >= 4 is 8.32 Å². The Morgan fingerprint density at radius 1 is 1.05 bits per heavy atom. The number of likely N-dealkylation sites (N-methyl/N-ethyl adjacent to an activating group) is 1. The smallest absolute Gasteiger partial charge is 0.250 e. The molecule has 3 nitrogen and oxygen atoms in total. The quantitative estimate of drug-likeness (QED) is 0.805. The van der Waals surface area contributed by atoms with Gasteiger partial charge in [0.05, 0.1) is 6.61 Å². The van der Waals surface area contributed by atoms with Gasteiger partial charge in [-0.15, -0.1) is 0 Å². The van der Waals surface area contributed by atoms with Crippen LogP contribution in [0.1, 0.15) is 33.3 Å². The lowest BCUT2D eigenvalue weighted by Crippen LogP contribution is -2.46. The highest BCUT2D eigenvalue weighted by molar-refractivity contribution is 6.74. The van der Waals surface area contributed by atoms with Crippen molar-refractivity contribution in [2.75, 3.05) is 20.7 Å². The summed E-state index contributed by atoms with van der Waals surface area (Å²) < 4.78 is 6.30. The first kappa shape index (κ1) is 19.2. The summed E-state index contributed by atoms with van der Waals surface area (Å²) in [6.45, 7) is 13.5. The fraction of sp³-hybridized carbons (Fsp3) is 0.667. The van der Waals surface area contributed by atoms with E-state index in [1.165, 1.54) is 5.56 Å². The predicted molar refractivity (Wildman–Crippen MR) is 97.1 cm³/mol. The predicted octanol–water partition coefficient (Wildman–Crippen LogP) is 3.93. The van der Waals surface area contributed by atoms with Crippen molar-refractivity contribution < 1.29 is 9.53 Å². The Hall–Kier alpha value is -0.843. The van der Waals surface area contributed by atoms with Crippen LogP contribution in [0, 0.1) is 0 Å². The van der Waals surface area contributed by atoms with Crippen LogP contribution in [0.2, 0.25) is 18.1 Å². The Bertz CT molecular complexity index is 451. The summed E-state index contributed by atoms with van der Waals surface area (Å²) in [5.41, 5.74) is 0.981. The van der Waals surface area contributed by atoms with Gasteiger partial charge in [0, 0.05) is 5.54 Å². The van der Waals surface area contributed by atoms with Gasteiger partial charge in [-0.05, 0) is 63.3 Å². The van der Waals surface area contributed by atoms with E-state index in [9.17, 15) is 5.11 Å². The minimum Gasteiger partial charge on any atom is -0.544 e. The zero-order chi connectivity index (χ0) is 17.2. The van der Waals surface area contributed by atoms with E-state index in [1.54, 1.807) is 0 Å². The van der Waals surface area contributed by atoms with Gasteiger partial charge in [0.1, 0.15) is 5.75 Å². The van der Waals surface area contributed by atoms with Gasteiger partial charge in [0.15, 0.2) is 0 Å². The van der Waals surface area contributed by atoms with Crippen molar-refractivity contribution in [1.82, 2.24) is 4.90 Å². The third kappa shape index (κ3) is 4.57. The van der Waals surface area contributed by atoms with Crippen molar-refractivity contribution in [1.29, 1.82) is 0 Å². The van der Waals surface area contributed by atoms with Crippen molar-refractivity contribution in [3.63, 3.8) is 0 Å². The minimum atomic E-state index is -1.78. The van der Waals surface area contributed by atoms with E-state index in [4.69, 9.17) is 4.43 Å². The first-order chi connectivity index (χ1) is 9.91. The maximum atomic E-state index is 9.65. The fourth-order valence-electron chi connectivity index (χ4n) is 1.92. The molecule has 0 radical (unpaired) electrons. The van der Waals surface area contributed by atoms with E-state index >= 15 is 0 Å². The van der Waals surface area contributed by atoms with Gasteiger partial charge in [-0.1, -0.05) is 32.9 Å². The van der Waals surface area contributed by atoms with Gasteiger partial charge in [0.25, 0.3) is 0 Å². The second-order valence-electron chi connectivity index (χ2n) is 8.23. The molecule has 0 aliphatic carbocycles. The van der Waals surface area contributed by atoms with E-state index in [1.807, 2.05) is 14.1 Å². The van der Waals surface area contributed by atoms with E-state index < -0.39 is 8.32 Å². The molecule has 1 atom stereocenters. The first-order valence-electron chi connectivity index (χ1n) is 7.97. The second-order valence-corrected chi connectivity index (χ2v) is 13.0. The molecule has 22 heavy (non-hydrogen) atoms. The molecule has 1 aromatic rings. The standard InChI is InChI=1S/C18H33NO2Si/c1-17(2,3)22(7,8)21-16-11-9-15(10-12-16)13-18(4,14-20)19(5)6/h9-12,20H,13-14H2,1-8H3. The van der Waals surface area contributed by atoms with Crippen LogP contribution in [0.15, 0.2) is 24.3 Å². The van der Waals surface area contributed by atoms with Gasteiger partial charge < -0.3 is 14.4 Å². The fourth-order valence-corrected chi connectivity index (χ4v) is 2.95. The molecule has 0 saturated heterocycles. The number of aliphatic hydroxyl groups is 1. The molecule has 1 rings (SSSR count). The molecule has 1 unspecified atom stereocenters. The van der Waals surface area contributed by atoms with Crippen LogP contribution >= 0.6 is 0 Å². The van der Waals surface area contributed by atoms with Gasteiger partial charge in [-0.2, -0.15) is 0 Å². The normalized spacial score (nSPS) is 15.7. The third-order valence-corrected chi connectivity index (χ3v) is 9.47. The van der Waals surface area contributed by atoms with Crippen LogP contribution in [0.5, 0.6) is 5.75 Å². The molecule has 4 heteroatoms.